The molecule has 0 radical (unpaired) electrons. The molecule has 2 rings (SSSR count). The second-order valence-corrected chi connectivity index (χ2v) is 4.40. The van der Waals surface area contributed by atoms with E-state index in [0.717, 1.165) is 18.4 Å². The summed E-state index contributed by atoms with van der Waals surface area (Å²) >= 11 is 5.87. The summed E-state index contributed by atoms with van der Waals surface area (Å²) in [6.07, 6.45) is 4.75. The van der Waals surface area contributed by atoms with Crippen molar-refractivity contribution in [2.45, 2.75) is 31.6 Å². The van der Waals surface area contributed by atoms with Crippen LogP contribution in [-0.2, 0) is 4.79 Å². The van der Waals surface area contributed by atoms with Crippen LogP contribution >= 0.6 is 11.6 Å². The Kier molecular flexibility index (Phi) is 2.91. The van der Waals surface area contributed by atoms with Crippen molar-refractivity contribution in [1.82, 2.24) is 4.98 Å². The van der Waals surface area contributed by atoms with Crippen molar-refractivity contribution in [1.29, 1.82) is 0 Å². The second kappa shape index (κ2) is 4.19. The highest BCUT2D eigenvalue weighted by Crippen LogP contribution is 2.34. The summed E-state index contributed by atoms with van der Waals surface area (Å²) in [7, 11) is 0. The lowest BCUT2D eigenvalue weighted by atomic mass is 9.83. The number of aromatic nitrogens is 1. The van der Waals surface area contributed by atoms with E-state index in [9.17, 15) is 4.79 Å². The quantitative estimate of drug-likeness (QED) is 0.798. The number of nitrogens with zero attached hydrogens (tertiary/aromatic N) is 1. The van der Waals surface area contributed by atoms with Crippen molar-refractivity contribution >= 4 is 23.2 Å². The number of anilines is 1. The maximum atomic E-state index is 11.3. The van der Waals surface area contributed by atoms with Crippen molar-refractivity contribution in [3.05, 3.63) is 22.8 Å². The lowest BCUT2D eigenvalue weighted by Crippen LogP contribution is -2.15. The maximum absolute atomic E-state index is 11.3. The van der Waals surface area contributed by atoms with Gasteiger partial charge >= 0.3 is 0 Å². The molecule has 80 valence electrons. The highest BCUT2D eigenvalue weighted by Gasteiger charge is 2.23. The van der Waals surface area contributed by atoms with Crippen LogP contribution in [0.3, 0.4) is 0 Å². The number of nitrogen functional groups attached to an aromatic ring is 1. The van der Waals surface area contributed by atoms with Crippen LogP contribution in [0.4, 0.5) is 5.82 Å². The first kappa shape index (κ1) is 10.4. The first-order valence-electron chi connectivity index (χ1n) is 5.09. The summed E-state index contributed by atoms with van der Waals surface area (Å²) in [6.45, 7) is 0. The number of carbonyl (C=O) groups excluding carboxylic acids is 1. The molecule has 1 fully saturated rings. The van der Waals surface area contributed by atoms with Gasteiger partial charge in [0, 0.05) is 19.0 Å². The van der Waals surface area contributed by atoms with Crippen LogP contribution in [0.15, 0.2) is 12.3 Å². The maximum Gasteiger partial charge on any atom is 0.133 e. The van der Waals surface area contributed by atoms with E-state index in [1.807, 2.05) is 6.07 Å². The molecule has 4 heteroatoms. The van der Waals surface area contributed by atoms with E-state index in [1.165, 1.54) is 6.20 Å². The summed E-state index contributed by atoms with van der Waals surface area (Å²) in [4.78, 5) is 15.4. The van der Waals surface area contributed by atoms with Crippen LogP contribution in [0.2, 0.25) is 5.02 Å². The van der Waals surface area contributed by atoms with Gasteiger partial charge in [-0.25, -0.2) is 4.98 Å². The van der Waals surface area contributed by atoms with Crippen molar-refractivity contribution < 1.29 is 4.79 Å². The molecule has 2 N–H and O–H groups in total. The predicted octanol–water partition coefficient (Wildman–Crippen LogP) is 2.54. The Hall–Kier alpha value is -1.09. The van der Waals surface area contributed by atoms with E-state index < -0.39 is 0 Å². The van der Waals surface area contributed by atoms with E-state index in [2.05, 4.69) is 4.98 Å². The van der Waals surface area contributed by atoms with E-state index in [-0.39, 0.29) is 5.92 Å². The van der Waals surface area contributed by atoms with E-state index in [1.54, 1.807) is 0 Å². The molecular formula is C11H13ClN2O. The van der Waals surface area contributed by atoms with Crippen LogP contribution < -0.4 is 5.73 Å². The van der Waals surface area contributed by atoms with Crippen LogP contribution in [0.25, 0.3) is 0 Å². The Bertz CT molecular complexity index is 392. The minimum absolute atomic E-state index is 0.206. The number of hydrogen-bond acceptors (Lipinski definition) is 3. The van der Waals surface area contributed by atoms with Gasteiger partial charge in [0.05, 0.1) is 5.02 Å². The van der Waals surface area contributed by atoms with Gasteiger partial charge in [-0.2, -0.15) is 0 Å². The average molecular weight is 225 g/mol. The van der Waals surface area contributed by atoms with Gasteiger partial charge < -0.3 is 5.73 Å². The van der Waals surface area contributed by atoms with Crippen molar-refractivity contribution in [2.24, 2.45) is 0 Å². The van der Waals surface area contributed by atoms with Gasteiger partial charge in [0.25, 0.3) is 0 Å². The van der Waals surface area contributed by atoms with Crippen molar-refractivity contribution in [3.8, 4) is 0 Å². The molecule has 15 heavy (non-hydrogen) atoms. The Morgan fingerprint density at radius 3 is 3.07 bits per heavy atom. The van der Waals surface area contributed by atoms with Crippen LogP contribution in [0.5, 0.6) is 0 Å². The van der Waals surface area contributed by atoms with E-state index >= 15 is 0 Å². The molecule has 1 aliphatic carbocycles. The zero-order chi connectivity index (χ0) is 10.8. The monoisotopic (exact) mass is 224 g/mol. The van der Waals surface area contributed by atoms with Crippen LogP contribution in [0, 0.1) is 0 Å². The van der Waals surface area contributed by atoms with Gasteiger partial charge in [0.15, 0.2) is 0 Å². The summed E-state index contributed by atoms with van der Waals surface area (Å²) in [5, 5.41) is 0.581. The lowest BCUT2D eigenvalue weighted by molar-refractivity contribution is -0.120. The fourth-order valence-corrected chi connectivity index (χ4v) is 2.25. The third kappa shape index (κ3) is 2.29. The number of Topliss-reactive ketones (excluding diaryl/α,β-unsaturated/α-hetero) is 1. The molecule has 1 aromatic heterocycles. The highest BCUT2D eigenvalue weighted by molar-refractivity contribution is 6.30. The Labute approximate surface area is 93.6 Å². The molecule has 1 heterocycles. The highest BCUT2D eigenvalue weighted by atomic mass is 35.5. The predicted molar refractivity (Wildman–Crippen MR) is 59.9 cm³/mol. The molecule has 0 bridgehead atoms. The zero-order valence-electron chi connectivity index (χ0n) is 8.37. The van der Waals surface area contributed by atoms with Crippen molar-refractivity contribution in [2.75, 3.05) is 5.73 Å². The van der Waals surface area contributed by atoms with Crippen molar-refractivity contribution in [3.63, 3.8) is 0 Å². The Morgan fingerprint density at radius 1 is 1.53 bits per heavy atom. The average Bonchev–Trinajstić information content (AvgIpc) is 2.22. The molecule has 1 saturated carbocycles. The molecule has 1 aromatic rings. The molecule has 0 spiro atoms. The standard InChI is InChI=1S/C11H13ClN2O/c12-8-5-10(11(13)14-6-8)7-2-1-3-9(15)4-7/h5-7H,1-4H2,(H2,13,14). The molecule has 0 amide bonds. The fraction of sp³-hybridized carbons (Fsp3) is 0.455. The SMILES string of the molecule is Nc1ncc(Cl)cc1C1CCCC(=O)C1. The number of nitrogens with two attached hydrogens (primary N) is 1. The molecule has 0 aromatic carbocycles. The number of halogens is 1. The number of pyridine rings is 1. The normalized spacial score (nSPS) is 21.7. The fourth-order valence-electron chi connectivity index (χ4n) is 2.08. The summed E-state index contributed by atoms with van der Waals surface area (Å²) in [6, 6.07) is 1.83. The Morgan fingerprint density at radius 2 is 2.33 bits per heavy atom. The van der Waals surface area contributed by atoms with Crippen LogP contribution in [-0.4, -0.2) is 10.8 Å². The van der Waals surface area contributed by atoms with Crippen LogP contribution in [0.1, 0.15) is 37.2 Å². The summed E-state index contributed by atoms with van der Waals surface area (Å²) in [5.74, 6) is 1.02. The van der Waals surface area contributed by atoms with Gasteiger partial charge in [0.1, 0.15) is 11.6 Å². The molecule has 1 unspecified atom stereocenters. The first-order valence-corrected chi connectivity index (χ1v) is 5.47. The number of carbonyl (C=O) groups is 1. The number of rotatable bonds is 1. The minimum atomic E-state index is 0.206. The smallest absolute Gasteiger partial charge is 0.133 e. The zero-order valence-corrected chi connectivity index (χ0v) is 9.13. The lowest BCUT2D eigenvalue weighted by Gasteiger charge is -2.22. The molecule has 0 saturated heterocycles. The van der Waals surface area contributed by atoms with Gasteiger partial charge in [-0.05, 0) is 30.4 Å². The molecule has 3 nitrogen and oxygen atoms in total. The Balaban J connectivity index is 2.27. The third-order valence-electron chi connectivity index (χ3n) is 2.84. The van der Waals surface area contributed by atoms with Gasteiger partial charge in [-0.3, -0.25) is 4.79 Å². The number of hydrogen-bond donors (Lipinski definition) is 1. The summed E-state index contributed by atoms with van der Waals surface area (Å²) in [5.41, 5.74) is 6.71. The molecule has 0 aliphatic heterocycles. The second-order valence-electron chi connectivity index (χ2n) is 3.96. The van der Waals surface area contributed by atoms with Gasteiger partial charge in [-0.15, -0.1) is 0 Å². The van der Waals surface area contributed by atoms with E-state index in [4.69, 9.17) is 17.3 Å². The van der Waals surface area contributed by atoms with E-state index in [0.29, 0.717) is 29.5 Å². The molecule has 1 atom stereocenters. The minimum Gasteiger partial charge on any atom is -0.383 e. The first-order chi connectivity index (χ1) is 7.16. The van der Waals surface area contributed by atoms with Gasteiger partial charge in [0.2, 0.25) is 0 Å². The molecule has 1 aliphatic rings. The largest absolute Gasteiger partial charge is 0.383 e. The van der Waals surface area contributed by atoms with Gasteiger partial charge in [-0.1, -0.05) is 11.6 Å². The third-order valence-corrected chi connectivity index (χ3v) is 3.04. The summed E-state index contributed by atoms with van der Waals surface area (Å²) < 4.78 is 0. The molecular weight excluding hydrogens is 212 g/mol. The number of ketones is 1. The topological polar surface area (TPSA) is 56.0 Å².